The van der Waals surface area contributed by atoms with Crippen molar-refractivity contribution < 1.29 is 23.5 Å². The lowest BCUT2D eigenvalue weighted by Gasteiger charge is -2.56. The minimum atomic E-state index is -0.681. The molecule has 196 valence electrons. The Kier molecular flexibility index (Phi) is 8.30. The highest BCUT2D eigenvalue weighted by atomic mass is 19.1. The first-order chi connectivity index (χ1) is 16.2. The SMILES string of the molecule is C[C@H]1[C@@H]2[C@@H](O)[C@H]([C@H](C)C(=O)NCc3cc(F)cc(F)c3)CC[C@@]2(C)CC[C@@H]1NC(=O)CC(C)(C)C. The van der Waals surface area contributed by atoms with Crippen LogP contribution in [0.15, 0.2) is 18.2 Å². The molecule has 2 amide bonds. The molecule has 2 saturated carbocycles. The molecule has 0 radical (unpaired) electrons. The van der Waals surface area contributed by atoms with Gasteiger partial charge in [-0.25, -0.2) is 8.78 Å². The number of halogens is 2. The Morgan fingerprint density at radius 3 is 2.34 bits per heavy atom. The lowest BCUT2D eigenvalue weighted by Crippen LogP contribution is -2.58. The maximum atomic E-state index is 13.5. The van der Waals surface area contributed by atoms with E-state index in [0.29, 0.717) is 12.0 Å². The molecule has 0 bridgehead atoms. The third-order valence-corrected chi connectivity index (χ3v) is 8.37. The van der Waals surface area contributed by atoms with Crippen LogP contribution in [-0.4, -0.2) is 29.1 Å². The Balaban J connectivity index is 1.66. The van der Waals surface area contributed by atoms with E-state index >= 15 is 0 Å². The van der Waals surface area contributed by atoms with E-state index < -0.39 is 23.7 Å². The van der Waals surface area contributed by atoms with Crippen molar-refractivity contribution in [2.45, 2.75) is 92.3 Å². The van der Waals surface area contributed by atoms with Crippen LogP contribution in [0.5, 0.6) is 0 Å². The number of carbonyl (C=O) groups excluding carboxylic acids is 2. The molecule has 2 fully saturated rings. The normalized spacial score (nSPS) is 31.9. The highest BCUT2D eigenvalue weighted by Gasteiger charge is 2.53. The molecule has 0 aliphatic heterocycles. The largest absolute Gasteiger partial charge is 0.392 e. The van der Waals surface area contributed by atoms with Crippen LogP contribution in [0, 0.1) is 46.1 Å². The average Bonchev–Trinajstić information content (AvgIpc) is 2.72. The number of nitrogens with one attached hydrogen (secondary N) is 2. The predicted octanol–water partition coefficient (Wildman–Crippen LogP) is 4.96. The zero-order valence-electron chi connectivity index (χ0n) is 22.0. The second-order valence-corrected chi connectivity index (χ2v) is 12.5. The molecule has 7 heteroatoms. The van der Waals surface area contributed by atoms with Crippen molar-refractivity contribution in [2.24, 2.45) is 34.5 Å². The van der Waals surface area contributed by atoms with Gasteiger partial charge in [-0.3, -0.25) is 9.59 Å². The van der Waals surface area contributed by atoms with Crippen molar-refractivity contribution in [3.05, 3.63) is 35.4 Å². The van der Waals surface area contributed by atoms with Crippen molar-refractivity contribution in [2.75, 3.05) is 0 Å². The molecule has 0 unspecified atom stereocenters. The van der Waals surface area contributed by atoms with E-state index in [2.05, 4.69) is 24.5 Å². The third kappa shape index (κ3) is 6.60. The fourth-order valence-electron chi connectivity index (χ4n) is 6.49. The maximum Gasteiger partial charge on any atom is 0.223 e. The van der Waals surface area contributed by atoms with Gasteiger partial charge in [0.1, 0.15) is 11.6 Å². The summed E-state index contributed by atoms with van der Waals surface area (Å²) < 4.78 is 26.9. The van der Waals surface area contributed by atoms with Crippen LogP contribution in [0.25, 0.3) is 0 Å². The molecule has 35 heavy (non-hydrogen) atoms. The third-order valence-electron chi connectivity index (χ3n) is 8.37. The summed E-state index contributed by atoms with van der Waals surface area (Å²) in [6.45, 7) is 12.3. The Morgan fingerprint density at radius 1 is 1.14 bits per heavy atom. The summed E-state index contributed by atoms with van der Waals surface area (Å²) in [5.74, 6) is -2.16. The van der Waals surface area contributed by atoms with Gasteiger partial charge < -0.3 is 15.7 Å². The quantitative estimate of drug-likeness (QED) is 0.525. The molecule has 3 rings (SSSR count). The Labute approximate surface area is 208 Å². The molecule has 1 aromatic rings. The molecule has 0 saturated heterocycles. The summed E-state index contributed by atoms with van der Waals surface area (Å²) in [6, 6.07) is 3.20. The number of rotatable bonds is 6. The van der Waals surface area contributed by atoms with Gasteiger partial charge in [0.15, 0.2) is 0 Å². The molecule has 7 atom stereocenters. The average molecular weight is 493 g/mol. The number of aliphatic hydroxyl groups excluding tert-OH is 1. The summed E-state index contributed by atoms with van der Waals surface area (Å²) in [4.78, 5) is 25.5. The monoisotopic (exact) mass is 492 g/mol. The van der Waals surface area contributed by atoms with Crippen molar-refractivity contribution in [3.8, 4) is 0 Å². The first-order valence-corrected chi connectivity index (χ1v) is 12.9. The molecule has 3 N–H and O–H groups in total. The number of aliphatic hydroxyl groups is 1. The van der Waals surface area contributed by atoms with Crippen LogP contribution in [0.4, 0.5) is 8.78 Å². The zero-order valence-corrected chi connectivity index (χ0v) is 22.0. The van der Waals surface area contributed by atoms with Crippen LogP contribution in [0.1, 0.15) is 79.2 Å². The Morgan fingerprint density at radius 2 is 1.74 bits per heavy atom. The summed E-state index contributed by atoms with van der Waals surface area (Å²) >= 11 is 0. The van der Waals surface area contributed by atoms with E-state index in [1.165, 1.54) is 12.1 Å². The van der Waals surface area contributed by atoms with E-state index in [0.717, 1.165) is 31.7 Å². The molecular formula is C28H42F2N2O3. The first-order valence-electron chi connectivity index (χ1n) is 12.9. The van der Waals surface area contributed by atoms with Gasteiger partial charge in [0.05, 0.1) is 6.10 Å². The standard InChI is InChI=1S/C28H42F2N2O3/c1-16(26(35)31-15-18-11-19(29)13-20(30)12-18)21-7-9-28(6)10-8-22(17(2)24(28)25(21)34)32-23(33)14-27(3,4)5/h11-13,16-17,21-22,24-25,34H,7-10,14-15H2,1-6H3,(H,31,35)(H,32,33)/t16-,17+,21-,22-,24+,25-,28-/m0/s1. The summed E-state index contributed by atoms with van der Waals surface area (Å²) in [6.07, 6.45) is 3.26. The number of carbonyl (C=O) groups is 2. The van der Waals surface area contributed by atoms with E-state index in [1.807, 2.05) is 27.7 Å². The number of hydrogen-bond acceptors (Lipinski definition) is 3. The molecule has 1 aromatic carbocycles. The Bertz CT molecular complexity index is 911. The van der Waals surface area contributed by atoms with Gasteiger partial charge in [-0.2, -0.15) is 0 Å². The summed E-state index contributed by atoms with van der Waals surface area (Å²) in [7, 11) is 0. The molecule has 0 spiro atoms. The minimum absolute atomic E-state index is 0.00308. The van der Waals surface area contributed by atoms with E-state index in [9.17, 15) is 23.5 Å². The fourth-order valence-corrected chi connectivity index (χ4v) is 6.49. The van der Waals surface area contributed by atoms with Gasteiger partial charge in [-0.05, 0) is 72.0 Å². The minimum Gasteiger partial charge on any atom is -0.392 e. The molecule has 2 aliphatic rings. The van der Waals surface area contributed by atoms with E-state index in [4.69, 9.17) is 0 Å². The molecule has 0 heterocycles. The highest BCUT2D eigenvalue weighted by molar-refractivity contribution is 5.78. The van der Waals surface area contributed by atoms with Crippen LogP contribution in [0.3, 0.4) is 0 Å². The molecule has 5 nitrogen and oxygen atoms in total. The van der Waals surface area contributed by atoms with Gasteiger partial charge >= 0.3 is 0 Å². The van der Waals surface area contributed by atoms with Crippen LogP contribution < -0.4 is 10.6 Å². The van der Waals surface area contributed by atoms with Crippen molar-refractivity contribution in [1.82, 2.24) is 10.6 Å². The van der Waals surface area contributed by atoms with Crippen LogP contribution in [-0.2, 0) is 16.1 Å². The maximum absolute atomic E-state index is 13.5. The highest BCUT2D eigenvalue weighted by Crippen LogP contribution is 2.55. The zero-order chi connectivity index (χ0) is 26.1. The van der Waals surface area contributed by atoms with Crippen molar-refractivity contribution in [3.63, 3.8) is 0 Å². The number of hydrogen-bond donors (Lipinski definition) is 3. The lowest BCUT2D eigenvalue weighted by atomic mass is 9.51. The van der Waals surface area contributed by atoms with Gasteiger partial charge in [0.2, 0.25) is 11.8 Å². The second kappa shape index (κ2) is 10.5. The van der Waals surface area contributed by atoms with E-state index in [1.54, 1.807) is 0 Å². The van der Waals surface area contributed by atoms with Gasteiger partial charge in [-0.1, -0.05) is 41.5 Å². The number of fused-ring (bicyclic) bond motifs is 1. The molecule has 0 aromatic heterocycles. The van der Waals surface area contributed by atoms with Gasteiger partial charge in [-0.15, -0.1) is 0 Å². The summed E-state index contributed by atoms with van der Waals surface area (Å²) in [5.41, 5.74) is 0.233. The Hall–Kier alpha value is -2.02. The van der Waals surface area contributed by atoms with Crippen molar-refractivity contribution >= 4 is 11.8 Å². The van der Waals surface area contributed by atoms with Gasteiger partial charge in [0, 0.05) is 31.0 Å². The topological polar surface area (TPSA) is 78.4 Å². The van der Waals surface area contributed by atoms with Crippen LogP contribution >= 0.6 is 0 Å². The van der Waals surface area contributed by atoms with E-state index in [-0.39, 0.29) is 53.0 Å². The summed E-state index contributed by atoms with van der Waals surface area (Å²) in [5, 5.41) is 17.5. The van der Waals surface area contributed by atoms with Gasteiger partial charge in [0.25, 0.3) is 0 Å². The number of benzene rings is 1. The molecule has 2 aliphatic carbocycles. The fraction of sp³-hybridized carbons (Fsp3) is 0.714. The predicted molar refractivity (Wildman–Crippen MR) is 132 cm³/mol. The second-order valence-electron chi connectivity index (χ2n) is 12.5. The van der Waals surface area contributed by atoms with Crippen LogP contribution in [0.2, 0.25) is 0 Å². The molecular weight excluding hydrogens is 450 g/mol. The van der Waals surface area contributed by atoms with Crippen molar-refractivity contribution in [1.29, 1.82) is 0 Å². The smallest absolute Gasteiger partial charge is 0.223 e. The first kappa shape index (κ1) is 27.6. The lowest BCUT2D eigenvalue weighted by molar-refractivity contribution is -0.144. The number of amides is 2.